The molecule has 0 bridgehead atoms. The summed E-state index contributed by atoms with van der Waals surface area (Å²) in [6.07, 6.45) is 4.62. The van der Waals surface area contributed by atoms with Gasteiger partial charge in [0.15, 0.2) is 0 Å². The molecule has 0 aliphatic rings. The predicted molar refractivity (Wildman–Crippen MR) is 79.7 cm³/mol. The highest BCUT2D eigenvalue weighted by atomic mass is 32.1. The minimum atomic E-state index is 0.724. The lowest BCUT2D eigenvalue weighted by Crippen LogP contribution is -2.21. The molecular weight excluding hydrogens is 226 g/mol. The van der Waals surface area contributed by atoms with E-state index < -0.39 is 0 Å². The third-order valence-electron chi connectivity index (χ3n) is 2.74. The van der Waals surface area contributed by atoms with Crippen molar-refractivity contribution in [3.05, 3.63) is 27.5 Å². The molecule has 0 radical (unpaired) electrons. The van der Waals surface area contributed by atoms with Gasteiger partial charge in [-0.3, -0.25) is 0 Å². The first-order chi connectivity index (χ1) is 8.15. The molecule has 1 aromatic rings. The summed E-state index contributed by atoms with van der Waals surface area (Å²) in [7, 11) is 0. The average Bonchev–Trinajstić information content (AvgIpc) is 2.75. The Kier molecular flexibility index (Phi) is 6.53. The van der Waals surface area contributed by atoms with Gasteiger partial charge in [0, 0.05) is 16.3 Å². The van der Waals surface area contributed by atoms with Crippen molar-refractivity contribution in [2.45, 2.75) is 40.5 Å². The van der Waals surface area contributed by atoms with Crippen LogP contribution in [0.5, 0.6) is 0 Å². The fraction of sp³-hybridized carbons (Fsp3) is 0.600. The van der Waals surface area contributed by atoms with E-state index in [0.717, 1.165) is 31.8 Å². The molecule has 0 aromatic carbocycles. The normalized spacial score (nSPS) is 12.4. The summed E-state index contributed by atoms with van der Waals surface area (Å²) in [4.78, 5) is 2.87. The fourth-order valence-corrected chi connectivity index (χ4v) is 2.61. The quantitative estimate of drug-likeness (QED) is 0.759. The molecule has 0 aliphatic heterocycles. The summed E-state index contributed by atoms with van der Waals surface area (Å²) >= 11 is 1.91. The molecule has 2 heteroatoms. The van der Waals surface area contributed by atoms with E-state index in [0.29, 0.717) is 0 Å². The second kappa shape index (κ2) is 7.67. The van der Waals surface area contributed by atoms with Gasteiger partial charge in [-0.15, -0.1) is 11.3 Å². The maximum Gasteiger partial charge on any atom is 0.0273 e. The zero-order valence-corrected chi connectivity index (χ0v) is 12.4. The van der Waals surface area contributed by atoms with E-state index in [1.54, 1.807) is 0 Å². The van der Waals surface area contributed by atoms with Gasteiger partial charge in [-0.05, 0) is 43.5 Å². The van der Waals surface area contributed by atoms with Crippen LogP contribution in [0.1, 0.15) is 43.9 Å². The van der Waals surface area contributed by atoms with E-state index in [4.69, 9.17) is 0 Å². The van der Waals surface area contributed by atoms with E-state index in [2.05, 4.69) is 51.2 Å². The molecule has 1 heterocycles. The van der Waals surface area contributed by atoms with Crippen molar-refractivity contribution in [1.82, 2.24) is 5.32 Å². The summed E-state index contributed by atoms with van der Waals surface area (Å²) < 4.78 is 0. The third kappa shape index (κ3) is 5.51. The van der Waals surface area contributed by atoms with Crippen LogP contribution in [0.15, 0.2) is 17.7 Å². The second-order valence-corrected chi connectivity index (χ2v) is 6.04. The van der Waals surface area contributed by atoms with Crippen LogP contribution in [0.25, 0.3) is 6.08 Å². The Morgan fingerprint density at radius 1 is 1.35 bits per heavy atom. The van der Waals surface area contributed by atoms with Crippen molar-refractivity contribution in [1.29, 1.82) is 0 Å². The molecule has 0 fully saturated rings. The summed E-state index contributed by atoms with van der Waals surface area (Å²) in [6.45, 7) is 11.1. The van der Waals surface area contributed by atoms with Crippen LogP contribution in [0.3, 0.4) is 0 Å². The Morgan fingerprint density at radius 3 is 2.65 bits per heavy atom. The van der Waals surface area contributed by atoms with Gasteiger partial charge in [0.05, 0.1) is 0 Å². The van der Waals surface area contributed by atoms with E-state index in [1.165, 1.54) is 15.3 Å². The molecular formula is C15H25NS. The first-order valence-electron chi connectivity index (χ1n) is 6.64. The molecule has 0 atom stereocenters. The van der Waals surface area contributed by atoms with E-state index in [9.17, 15) is 0 Å². The van der Waals surface area contributed by atoms with Gasteiger partial charge >= 0.3 is 0 Å². The summed E-state index contributed by atoms with van der Waals surface area (Å²) in [5.74, 6) is 0.724. The molecule has 0 saturated carbocycles. The number of rotatable bonds is 7. The number of nitrogens with one attached hydrogen (secondary N) is 1. The standard InChI is InChI=1S/C15H25NS/c1-5-13(11-16-10-12(3)4)9-15-8-7-14(6-2)17-15/h7-9,12,16H,5-6,10-11H2,1-4H3. The zero-order chi connectivity index (χ0) is 12.7. The molecule has 0 amide bonds. The highest BCUT2D eigenvalue weighted by Crippen LogP contribution is 2.20. The van der Waals surface area contributed by atoms with Crippen LogP contribution in [0, 0.1) is 5.92 Å². The molecule has 96 valence electrons. The molecule has 17 heavy (non-hydrogen) atoms. The zero-order valence-electron chi connectivity index (χ0n) is 11.5. The smallest absolute Gasteiger partial charge is 0.0273 e. The third-order valence-corrected chi connectivity index (χ3v) is 3.91. The van der Waals surface area contributed by atoms with Gasteiger partial charge in [-0.25, -0.2) is 0 Å². The first-order valence-corrected chi connectivity index (χ1v) is 7.46. The molecule has 0 unspecified atom stereocenters. The molecule has 1 N–H and O–H groups in total. The maximum absolute atomic E-state index is 3.51. The van der Waals surface area contributed by atoms with Gasteiger partial charge in [-0.2, -0.15) is 0 Å². The molecule has 1 nitrogen and oxygen atoms in total. The molecule has 1 aromatic heterocycles. The largest absolute Gasteiger partial charge is 0.313 e. The molecule has 1 rings (SSSR count). The van der Waals surface area contributed by atoms with Gasteiger partial charge in [-0.1, -0.05) is 33.3 Å². The van der Waals surface area contributed by atoms with Crippen LogP contribution >= 0.6 is 11.3 Å². The minimum Gasteiger partial charge on any atom is -0.313 e. The van der Waals surface area contributed by atoms with Gasteiger partial charge in [0.2, 0.25) is 0 Å². The number of hydrogen-bond acceptors (Lipinski definition) is 2. The summed E-state index contributed by atoms with van der Waals surface area (Å²) in [5.41, 5.74) is 1.50. The van der Waals surface area contributed by atoms with Gasteiger partial charge in [0.25, 0.3) is 0 Å². The monoisotopic (exact) mass is 251 g/mol. The van der Waals surface area contributed by atoms with Crippen LogP contribution in [-0.4, -0.2) is 13.1 Å². The van der Waals surface area contributed by atoms with Crippen LogP contribution < -0.4 is 5.32 Å². The van der Waals surface area contributed by atoms with E-state index in [-0.39, 0.29) is 0 Å². The molecule has 0 aliphatic carbocycles. The Morgan fingerprint density at radius 2 is 2.12 bits per heavy atom. The van der Waals surface area contributed by atoms with Gasteiger partial charge in [0.1, 0.15) is 0 Å². The van der Waals surface area contributed by atoms with Crippen molar-refractivity contribution in [3.8, 4) is 0 Å². The molecule has 0 saturated heterocycles. The van der Waals surface area contributed by atoms with Gasteiger partial charge < -0.3 is 5.32 Å². The van der Waals surface area contributed by atoms with Crippen LogP contribution in [-0.2, 0) is 6.42 Å². The van der Waals surface area contributed by atoms with Crippen molar-refractivity contribution in [2.75, 3.05) is 13.1 Å². The second-order valence-electron chi connectivity index (χ2n) is 4.84. The average molecular weight is 251 g/mol. The SMILES string of the molecule is CCC(=Cc1ccc(CC)s1)CNCC(C)C. The number of aryl methyl sites for hydroxylation is 1. The topological polar surface area (TPSA) is 12.0 Å². The first kappa shape index (κ1) is 14.5. The lowest BCUT2D eigenvalue weighted by Gasteiger charge is -2.09. The fourth-order valence-electron chi connectivity index (χ4n) is 1.66. The summed E-state index contributed by atoms with van der Waals surface area (Å²) in [5, 5.41) is 3.51. The minimum absolute atomic E-state index is 0.724. The molecule has 0 spiro atoms. The highest BCUT2D eigenvalue weighted by Gasteiger charge is 1.99. The highest BCUT2D eigenvalue weighted by molar-refractivity contribution is 7.12. The maximum atomic E-state index is 3.51. The number of hydrogen-bond donors (Lipinski definition) is 1. The van der Waals surface area contributed by atoms with Crippen LogP contribution in [0.4, 0.5) is 0 Å². The Hall–Kier alpha value is -0.600. The van der Waals surface area contributed by atoms with E-state index in [1.807, 2.05) is 11.3 Å². The van der Waals surface area contributed by atoms with Crippen molar-refractivity contribution in [2.24, 2.45) is 5.92 Å². The van der Waals surface area contributed by atoms with Crippen molar-refractivity contribution >= 4 is 17.4 Å². The Bertz CT molecular complexity index is 350. The summed E-state index contributed by atoms with van der Waals surface area (Å²) in [6, 6.07) is 4.48. The Labute approximate surface area is 110 Å². The van der Waals surface area contributed by atoms with Crippen molar-refractivity contribution in [3.63, 3.8) is 0 Å². The van der Waals surface area contributed by atoms with Crippen molar-refractivity contribution < 1.29 is 0 Å². The Balaban J connectivity index is 2.53. The lowest BCUT2D eigenvalue weighted by atomic mass is 10.1. The predicted octanol–water partition coefficient (Wildman–Crippen LogP) is 4.35. The van der Waals surface area contributed by atoms with Crippen LogP contribution in [0.2, 0.25) is 0 Å². The van der Waals surface area contributed by atoms with E-state index >= 15 is 0 Å². The number of thiophene rings is 1. The lowest BCUT2D eigenvalue weighted by molar-refractivity contribution is 0.569.